The van der Waals surface area contributed by atoms with Gasteiger partial charge in [0.15, 0.2) is 0 Å². The molecule has 0 radical (unpaired) electrons. The van der Waals surface area contributed by atoms with Gasteiger partial charge in [0.05, 0.1) is 17.6 Å². The van der Waals surface area contributed by atoms with Crippen LogP contribution in [-0.2, 0) is 16.6 Å². The van der Waals surface area contributed by atoms with Gasteiger partial charge in [-0.25, -0.2) is 22.7 Å². The zero-order valence-corrected chi connectivity index (χ0v) is 14.3. The summed E-state index contributed by atoms with van der Waals surface area (Å²) in [6.45, 7) is 0.220. The fourth-order valence-corrected chi connectivity index (χ4v) is 4.22. The molecule has 0 unspecified atom stereocenters. The zero-order chi connectivity index (χ0) is 17.4. The summed E-state index contributed by atoms with van der Waals surface area (Å²) in [5, 5.41) is 0.336. The van der Waals surface area contributed by atoms with Crippen molar-refractivity contribution in [3.63, 3.8) is 0 Å². The van der Waals surface area contributed by atoms with Gasteiger partial charge >= 0.3 is 6.01 Å². The highest BCUT2D eigenvalue weighted by Crippen LogP contribution is 2.33. The van der Waals surface area contributed by atoms with Crippen LogP contribution in [0.5, 0.6) is 11.8 Å². The number of fused-ring (bicyclic) bond motifs is 1. The molecule has 1 aromatic carbocycles. The van der Waals surface area contributed by atoms with Crippen LogP contribution in [-0.4, -0.2) is 23.4 Å². The predicted octanol–water partition coefficient (Wildman–Crippen LogP) is 3.03. The number of sulfonamides is 1. The number of anilines is 1. The van der Waals surface area contributed by atoms with E-state index in [4.69, 9.17) is 16.3 Å². The molecule has 25 heavy (non-hydrogen) atoms. The lowest BCUT2D eigenvalue weighted by Crippen LogP contribution is -2.24. The lowest BCUT2D eigenvalue weighted by Gasteiger charge is -2.16. The van der Waals surface area contributed by atoms with E-state index in [-0.39, 0.29) is 23.3 Å². The number of aromatic nitrogens is 3. The summed E-state index contributed by atoms with van der Waals surface area (Å²) in [6.07, 6.45) is 2.88. The molecule has 0 saturated heterocycles. The molecule has 3 heterocycles. The molecule has 3 aromatic rings. The molecule has 9 heteroatoms. The second-order valence-electron chi connectivity index (χ2n) is 5.24. The molecular formula is C16H11ClN4O3S. The minimum Gasteiger partial charge on any atom is -0.423 e. The smallest absolute Gasteiger partial charge is 0.323 e. The molecule has 0 aliphatic carbocycles. The highest BCUT2D eigenvalue weighted by atomic mass is 35.5. The Labute approximate surface area is 149 Å². The van der Waals surface area contributed by atoms with Gasteiger partial charge in [-0.05, 0) is 23.8 Å². The van der Waals surface area contributed by atoms with Crippen LogP contribution in [0.3, 0.4) is 0 Å². The highest BCUT2D eigenvalue weighted by Gasteiger charge is 2.35. The Kier molecular flexibility index (Phi) is 3.78. The van der Waals surface area contributed by atoms with Crippen LogP contribution < -0.4 is 9.04 Å². The Morgan fingerprint density at radius 2 is 1.92 bits per heavy atom. The highest BCUT2D eigenvalue weighted by molar-refractivity contribution is 7.93. The molecule has 1 aliphatic heterocycles. The van der Waals surface area contributed by atoms with E-state index in [1.165, 1.54) is 22.8 Å². The minimum absolute atomic E-state index is 0.0211. The number of pyridine rings is 1. The van der Waals surface area contributed by atoms with Crippen LogP contribution in [0.2, 0.25) is 5.15 Å². The number of hydrogen-bond donors (Lipinski definition) is 0. The van der Waals surface area contributed by atoms with Crippen molar-refractivity contribution < 1.29 is 13.2 Å². The molecule has 0 saturated carbocycles. The molecule has 0 spiro atoms. The number of nitrogens with zero attached hydrogens (tertiary/aromatic N) is 4. The summed E-state index contributed by atoms with van der Waals surface area (Å²) in [7, 11) is -3.64. The summed E-state index contributed by atoms with van der Waals surface area (Å²) in [6, 6.07) is 11.6. The Morgan fingerprint density at radius 1 is 1.08 bits per heavy atom. The van der Waals surface area contributed by atoms with Gasteiger partial charge in [0, 0.05) is 12.3 Å². The van der Waals surface area contributed by atoms with Crippen molar-refractivity contribution >= 4 is 27.4 Å². The van der Waals surface area contributed by atoms with Crippen LogP contribution in [0.4, 0.5) is 5.82 Å². The molecule has 7 nitrogen and oxygen atoms in total. The van der Waals surface area contributed by atoms with Gasteiger partial charge in [0.2, 0.25) is 0 Å². The molecule has 0 amide bonds. The average molecular weight is 375 g/mol. The summed E-state index contributed by atoms with van der Waals surface area (Å²) in [5.74, 6) is 0.636. The molecular weight excluding hydrogens is 364 g/mol. The lowest BCUT2D eigenvalue weighted by atomic mass is 10.2. The largest absolute Gasteiger partial charge is 0.423 e. The first-order valence-electron chi connectivity index (χ1n) is 7.27. The molecule has 4 rings (SSSR count). The Bertz CT molecular complexity index is 1040. The van der Waals surface area contributed by atoms with Gasteiger partial charge in [0.25, 0.3) is 10.0 Å². The van der Waals surface area contributed by atoms with E-state index in [0.29, 0.717) is 10.9 Å². The van der Waals surface area contributed by atoms with Crippen LogP contribution in [0.15, 0.2) is 59.8 Å². The maximum absolute atomic E-state index is 12.7. The van der Waals surface area contributed by atoms with E-state index < -0.39 is 10.0 Å². The number of hydrogen-bond acceptors (Lipinski definition) is 6. The summed E-state index contributed by atoms with van der Waals surface area (Å²) in [4.78, 5) is 12.4. The molecule has 1 aliphatic rings. The molecule has 0 N–H and O–H groups in total. The fraction of sp³-hybridized carbons (Fsp3) is 0.0625. The third kappa shape index (κ3) is 2.90. The van der Waals surface area contributed by atoms with E-state index in [1.807, 2.05) is 0 Å². The molecule has 0 bridgehead atoms. The van der Waals surface area contributed by atoms with Crippen molar-refractivity contribution in [1.82, 2.24) is 15.0 Å². The zero-order valence-electron chi connectivity index (χ0n) is 12.7. The van der Waals surface area contributed by atoms with Gasteiger partial charge < -0.3 is 4.74 Å². The quantitative estimate of drug-likeness (QED) is 0.655. The third-order valence-electron chi connectivity index (χ3n) is 3.64. The van der Waals surface area contributed by atoms with E-state index in [9.17, 15) is 8.42 Å². The third-order valence-corrected chi connectivity index (χ3v) is 5.71. The SMILES string of the molecule is O=S1(=O)c2ccccc2CN1c1ccnc(Oc2ccc(Cl)nc2)n1. The monoisotopic (exact) mass is 374 g/mol. The standard InChI is InChI=1S/C16H11ClN4O3S/c17-14-6-5-12(9-19-14)24-16-18-8-7-15(20-16)21-10-11-3-1-2-4-13(11)25(21,22)23/h1-9H,10H2. The average Bonchev–Trinajstić information content (AvgIpc) is 2.89. The second-order valence-corrected chi connectivity index (χ2v) is 7.45. The Balaban J connectivity index is 1.65. The van der Waals surface area contributed by atoms with Gasteiger partial charge in [-0.1, -0.05) is 29.8 Å². The summed E-state index contributed by atoms with van der Waals surface area (Å²) >= 11 is 5.73. The first-order valence-corrected chi connectivity index (χ1v) is 9.09. The molecule has 126 valence electrons. The second kappa shape index (κ2) is 5.98. The van der Waals surface area contributed by atoms with Gasteiger partial charge in [-0.3, -0.25) is 0 Å². The number of benzene rings is 1. The first kappa shape index (κ1) is 15.8. The predicted molar refractivity (Wildman–Crippen MR) is 91.2 cm³/mol. The van der Waals surface area contributed by atoms with Crippen molar-refractivity contribution in [1.29, 1.82) is 0 Å². The minimum atomic E-state index is -3.64. The van der Waals surface area contributed by atoms with Crippen molar-refractivity contribution in [3.05, 3.63) is 65.6 Å². The van der Waals surface area contributed by atoms with E-state index in [0.717, 1.165) is 5.56 Å². The summed E-state index contributed by atoms with van der Waals surface area (Å²) < 4.78 is 32.1. The van der Waals surface area contributed by atoms with Crippen LogP contribution in [0.1, 0.15) is 5.56 Å². The van der Waals surface area contributed by atoms with E-state index in [2.05, 4.69) is 15.0 Å². The topological polar surface area (TPSA) is 85.3 Å². The van der Waals surface area contributed by atoms with Gasteiger partial charge in [-0.2, -0.15) is 4.98 Å². The molecule has 0 atom stereocenters. The Hall–Kier alpha value is -2.71. The number of ether oxygens (including phenoxy) is 1. The normalized spacial score (nSPS) is 15.0. The van der Waals surface area contributed by atoms with E-state index in [1.54, 1.807) is 36.4 Å². The first-order chi connectivity index (χ1) is 12.0. The molecule has 0 fully saturated rings. The van der Waals surface area contributed by atoms with Gasteiger partial charge in [-0.15, -0.1) is 0 Å². The number of halogens is 1. The lowest BCUT2D eigenvalue weighted by molar-refractivity contribution is 0.440. The molecule has 2 aromatic heterocycles. The fourth-order valence-electron chi connectivity index (χ4n) is 2.50. The van der Waals surface area contributed by atoms with Crippen LogP contribution >= 0.6 is 11.6 Å². The van der Waals surface area contributed by atoms with Crippen molar-refractivity contribution in [2.24, 2.45) is 0 Å². The van der Waals surface area contributed by atoms with E-state index >= 15 is 0 Å². The van der Waals surface area contributed by atoms with Crippen LogP contribution in [0.25, 0.3) is 0 Å². The van der Waals surface area contributed by atoms with Crippen molar-refractivity contribution in [3.8, 4) is 11.8 Å². The maximum atomic E-state index is 12.7. The Morgan fingerprint density at radius 3 is 2.68 bits per heavy atom. The summed E-state index contributed by atoms with van der Waals surface area (Å²) in [5.41, 5.74) is 0.727. The maximum Gasteiger partial charge on any atom is 0.323 e. The van der Waals surface area contributed by atoms with Crippen molar-refractivity contribution in [2.45, 2.75) is 11.4 Å². The van der Waals surface area contributed by atoms with Gasteiger partial charge in [0.1, 0.15) is 16.7 Å². The van der Waals surface area contributed by atoms with Crippen molar-refractivity contribution in [2.75, 3.05) is 4.31 Å². The number of rotatable bonds is 3. The van der Waals surface area contributed by atoms with Crippen LogP contribution in [0, 0.1) is 0 Å².